The quantitative estimate of drug-likeness (QED) is 0.695. The fraction of sp³-hybridized carbons (Fsp3) is 0.190. The van der Waals surface area contributed by atoms with Crippen LogP contribution in [0.1, 0.15) is 36.1 Å². The Balaban J connectivity index is 1.56. The van der Waals surface area contributed by atoms with Gasteiger partial charge in [-0.1, -0.05) is 48.0 Å². The highest BCUT2D eigenvalue weighted by molar-refractivity contribution is 6.31. The number of carbonyl (C=O) groups excluding carboxylic acids is 1. The molecule has 1 amide bonds. The number of carbonyl (C=O) groups is 1. The van der Waals surface area contributed by atoms with E-state index in [1.165, 1.54) is 0 Å². The minimum absolute atomic E-state index is 0.00681. The van der Waals surface area contributed by atoms with Crippen molar-refractivity contribution in [1.82, 2.24) is 15.3 Å². The summed E-state index contributed by atoms with van der Waals surface area (Å²) in [5.74, 6) is 0.547. The molecule has 2 heterocycles. The van der Waals surface area contributed by atoms with Gasteiger partial charge >= 0.3 is 0 Å². The number of nitrogens with zero attached hydrogens (tertiary/aromatic N) is 2. The molecule has 5 nitrogen and oxygen atoms in total. The van der Waals surface area contributed by atoms with Crippen molar-refractivity contribution in [3.63, 3.8) is 0 Å². The Hall–Kier alpha value is -2.92. The molecule has 2 aromatic carbocycles. The molecule has 1 saturated heterocycles. The first kappa shape index (κ1) is 17.5. The maximum atomic E-state index is 12.3. The van der Waals surface area contributed by atoms with E-state index < -0.39 is 0 Å². The number of hydrogen-bond acceptors (Lipinski definition) is 4. The summed E-state index contributed by atoms with van der Waals surface area (Å²) in [6, 6.07) is 19.2. The van der Waals surface area contributed by atoms with E-state index in [0.717, 1.165) is 23.4 Å². The zero-order chi connectivity index (χ0) is 18.6. The van der Waals surface area contributed by atoms with Crippen molar-refractivity contribution in [3.8, 4) is 0 Å². The number of amides is 1. The summed E-state index contributed by atoms with van der Waals surface area (Å²) in [6.45, 7) is 0. The first-order valence-corrected chi connectivity index (χ1v) is 9.25. The number of aromatic nitrogens is 2. The lowest BCUT2D eigenvalue weighted by Crippen LogP contribution is -2.36. The number of benzene rings is 2. The van der Waals surface area contributed by atoms with E-state index in [0.29, 0.717) is 17.4 Å². The Morgan fingerprint density at radius 2 is 1.81 bits per heavy atom. The second-order valence-corrected chi connectivity index (χ2v) is 6.98. The largest absolute Gasteiger partial charge is 0.349 e. The number of halogens is 1. The molecule has 0 bridgehead atoms. The monoisotopic (exact) mass is 378 g/mol. The minimum atomic E-state index is -0.120. The maximum Gasteiger partial charge on any atom is 0.227 e. The molecule has 1 fully saturated rings. The molecule has 2 unspecified atom stereocenters. The Bertz CT molecular complexity index is 948. The average molecular weight is 379 g/mol. The molecule has 2 N–H and O–H groups in total. The fourth-order valence-electron chi connectivity index (χ4n) is 3.40. The number of anilines is 2. The Morgan fingerprint density at radius 1 is 1.04 bits per heavy atom. The van der Waals surface area contributed by atoms with Gasteiger partial charge < -0.3 is 10.6 Å². The van der Waals surface area contributed by atoms with Gasteiger partial charge in [-0.3, -0.25) is 4.79 Å². The van der Waals surface area contributed by atoms with E-state index >= 15 is 0 Å². The normalized spacial score (nSPS) is 19.4. The standard InChI is InChI=1S/C21H19ClN4O/c22-17-9-5-4-8-16(17)19-12-14(13-20(27)25-19)18-10-11-23-21(26-18)24-15-6-2-1-3-7-15/h1-11,14,19H,12-13H2,(H,25,27)(H,23,24,26). The van der Waals surface area contributed by atoms with Crippen LogP contribution >= 0.6 is 11.6 Å². The Labute approximate surface area is 162 Å². The lowest BCUT2D eigenvalue weighted by atomic mass is 9.86. The highest BCUT2D eigenvalue weighted by Gasteiger charge is 2.30. The summed E-state index contributed by atoms with van der Waals surface area (Å²) in [6.07, 6.45) is 2.88. The van der Waals surface area contributed by atoms with E-state index in [9.17, 15) is 4.79 Å². The average Bonchev–Trinajstić information content (AvgIpc) is 2.69. The van der Waals surface area contributed by atoms with Crippen molar-refractivity contribution in [2.75, 3.05) is 5.32 Å². The highest BCUT2D eigenvalue weighted by Crippen LogP contribution is 2.36. The van der Waals surface area contributed by atoms with E-state index in [2.05, 4.69) is 20.6 Å². The molecule has 0 saturated carbocycles. The van der Waals surface area contributed by atoms with Crippen LogP contribution in [-0.2, 0) is 4.79 Å². The van der Waals surface area contributed by atoms with Crippen LogP contribution in [0.2, 0.25) is 5.02 Å². The van der Waals surface area contributed by atoms with Crippen molar-refractivity contribution in [2.45, 2.75) is 24.8 Å². The van der Waals surface area contributed by atoms with Gasteiger partial charge in [-0.2, -0.15) is 0 Å². The van der Waals surface area contributed by atoms with Crippen LogP contribution < -0.4 is 10.6 Å². The van der Waals surface area contributed by atoms with Crippen LogP contribution in [0.25, 0.3) is 0 Å². The molecule has 1 aliphatic heterocycles. The van der Waals surface area contributed by atoms with Crippen LogP contribution in [0.3, 0.4) is 0 Å². The van der Waals surface area contributed by atoms with Gasteiger partial charge in [0.1, 0.15) is 0 Å². The second-order valence-electron chi connectivity index (χ2n) is 6.57. The second kappa shape index (κ2) is 7.76. The van der Waals surface area contributed by atoms with Crippen molar-refractivity contribution >= 4 is 29.1 Å². The van der Waals surface area contributed by atoms with Gasteiger partial charge in [-0.15, -0.1) is 0 Å². The number of rotatable bonds is 4. The van der Waals surface area contributed by atoms with E-state index in [1.54, 1.807) is 6.20 Å². The van der Waals surface area contributed by atoms with Gasteiger partial charge in [0, 0.05) is 34.9 Å². The van der Waals surface area contributed by atoms with E-state index in [-0.39, 0.29) is 17.9 Å². The zero-order valence-corrected chi connectivity index (χ0v) is 15.4. The van der Waals surface area contributed by atoms with Crippen molar-refractivity contribution in [2.24, 2.45) is 0 Å². The van der Waals surface area contributed by atoms with Gasteiger partial charge in [-0.05, 0) is 36.2 Å². The number of piperidine rings is 1. The smallest absolute Gasteiger partial charge is 0.227 e. The molecule has 1 aliphatic rings. The van der Waals surface area contributed by atoms with Gasteiger partial charge in [0.05, 0.1) is 6.04 Å². The molecular weight excluding hydrogens is 360 g/mol. The molecule has 0 spiro atoms. The fourth-order valence-corrected chi connectivity index (χ4v) is 3.67. The van der Waals surface area contributed by atoms with Crippen LogP contribution in [0, 0.1) is 0 Å². The molecular formula is C21H19ClN4O. The van der Waals surface area contributed by atoms with E-state index in [1.807, 2.05) is 60.7 Å². The summed E-state index contributed by atoms with van der Waals surface area (Å²) in [4.78, 5) is 21.2. The van der Waals surface area contributed by atoms with Crippen molar-refractivity contribution in [1.29, 1.82) is 0 Å². The third-order valence-electron chi connectivity index (χ3n) is 4.69. The topological polar surface area (TPSA) is 66.9 Å². The van der Waals surface area contributed by atoms with Gasteiger partial charge in [0.25, 0.3) is 0 Å². The Morgan fingerprint density at radius 3 is 2.63 bits per heavy atom. The molecule has 4 rings (SSSR count). The van der Waals surface area contributed by atoms with Crippen LogP contribution in [-0.4, -0.2) is 15.9 Å². The molecule has 1 aromatic heterocycles. The zero-order valence-electron chi connectivity index (χ0n) is 14.6. The lowest BCUT2D eigenvalue weighted by Gasteiger charge is -2.30. The SMILES string of the molecule is O=C1CC(c2ccnc(Nc3ccccc3)n2)CC(c2ccccc2Cl)N1. The minimum Gasteiger partial charge on any atom is -0.349 e. The summed E-state index contributed by atoms with van der Waals surface area (Å²) in [5, 5.41) is 6.91. The third kappa shape index (κ3) is 4.09. The predicted octanol–water partition coefficient (Wildman–Crippen LogP) is 4.61. The molecule has 3 aromatic rings. The summed E-state index contributed by atoms with van der Waals surface area (Å²) < 4.78 is 0. The molecule has 6 heteroatoms. The van der Waals surface area contributed by atoms with Crippen LogP contribution in [0.5, 0.6) is 0 Å². The highest BCUT2D eigenvalue weighted by atomic mass is 35.5. The number of para-hydroxylation sites is 1. The number of nitrogens with one attached hydrogen (secondary N) is 2. The van der Waals surface area contributed by atoms with Crippen molar-refractivity contribution in [3.05, 3.63) is 83.1 Å². The molecule has 27 heavy (non-hydrogen) atoms. The molecule has 0 radical (unpaired) electrons. The van der Waals surface area contributed by atoms with Crippen molar-refractivity contribution < 1.29 is 4.79 Å². The van der Waals surface area contributed by atoms with Gasteiger partial charge in [-0.25, -0.2) is 9.97 Å². The number of hydrogen-bond donors (Lipinski definition) is 2. The molecule has 136 valence electrons. The summed E-state index contributed by atoms with van der Waals surface area (Å²) in [7, 11) is 0. The summed E-state index contributed by atoms with van der Waals surface area (Å²) >= 11 is 6.33. The van der Waals surface area contributed by atoms with Crippen LogP contribution in [0.4, 0.5) is 11.6 Å². The first-order chi connectivity index (χ1) is 13.2. The molecule has 0 aliphatic carbocycles. The lowest BCUT2D eigenvalue weighted by molar-refractivity contribution is -0.123. The van der Waals surface area contributed by atoms with Crippen LogP contribution in [0.15, 0.2) is 66.9 Å². The Kier molecular flexibility index (Phi) is 5.03. The third-order valence-corrected chi connectivity index (χ3v) is 5.04. The van der Waals surface area contributed by atoms with Gasteiger partial charge in [0.2, 0.25) is 11.9 Å². The maximum absolute atomic E-state index is 12.3. The van der Waals surface area contributed by atoms with Gasteiger partial charge in [0.15, 0.2) is 0 Å². The molecule has 2 atom stereocenters. The van der Waals surface area contributed by atoms with E-state index in [4.69, 9.17) is 11.6 Å². The predicted molar refractivity (Wildman–Crippen MR) is 106 cm³/mol. The first-order valence-electron chi connectivity index (χ1n) is 8.88. The summed E-state index contributed by atoms with van der Waals surface area (Å²) in [5.41, 5.74) is 2.72.